The van der Waals surface area contributed by atoms with Crippen LogP contribution in [0.1, 0.15) is 50.3 Å². The first-order valence-corrected chi connectivity index (χ1v) is 9.34. The number of aromatic nitrogens is 1. The van der Waals surface area contributed by atoms with Gasteiger partial charge in [0.05, 0.1) is 6.20 Å². The SMILES string of the molecule is Cl.O=C(CCC1CCNCC1)Nc1ccc(-c2cnc(C3CC3)o2)cc1. The van der Waals surface area contributed by atoms with Crippen LogP contribution < -0.4 is 10.6 Å². The highest BCUT2D eigenvalue weighted by Gasteiger charge is 2.28. The minimum absolute atomic E-state index is 0. The number of carbonyl (C=O) groups excluding carboxylic acids is 1. The summed E-state index contributed by atoms with van der Waals surface area (Å²) >= 11 is 0. The van der Waals surface area contributed by atoms with Crippen molar-refractivity contribution in [1.82, 2.24) is 10.3 Å². The lowest BCUT2D eigenvalue weighted by molar-refractivity contribution is -0.116. The van der Waals surface area contributed by atoms with Gasteiger partial charge in [-0.05, 0) is 75.4 Å². The summed E-state index contributed by atoms with van der Waals surface area (Å²) in [6.07, 6.45) is 8.10. The van der Waals surface area contributed by atoms with Gasteiger partial charge in [-0.1, -0.05) is 0 Å². The van der Waals surface area contributed by atoms with E-state index in [4.69, 9.17) is 4.42 Å². The van der Waals surface area contributed by atoms with E-state index in [2.05, 4.69) is 15.6 Å². The van der Waals surface area contributed by atoms with Gasteiger partial charge in [0.25, 0.3) is 0 Å². The van der Waals surface area contributed by atoms with Gasteiger partial charge in [-0.15, -0.1) is 12.4 Å². The van der Waals surface area contributed by atoms with Crippen LogP contribution >= 0.6 is 12.4 Å². The zero-order valence-corrected chi connectivity index (χ0v) is 15.7. The number of benzene rings is 1. The second kappa shape index (κ2) is 8.69. The van der Waals surface area contributed by atoms with Crippen molar-refractivity contribution in [2.24, 2.45) is 5.92 Å². The minimum atomic E-state index is 0. The van der Waals surface area contributed by atoms with E-state index < -0.39 is 0 Å². The number of carbonyl (C=O) groups is 1. The maximum absolute atomic E-state index is 12.1. The van der Waals surface area contributed by atoms with Crippen molar-refractivity contribution >= 4 is 24.0 Å². The van der Waals surface area contributed by atoms with Crippen molar-refractivity contribution in [2.75, 3.05) is 18.4 Å². The molecule has 4 rings (SSSR count). The number of nitrogens with one attached hydrogen (secondary N) is 2. The van der Waals surface area contributed by atoms with E-state index in [1.54, 1.807) is 6.20 Å². The van der Waals surface area contributed by atoms with Gasteiger partial charge in [0.15, 0.2) is 11.7 Å². The Hall–Kier alpha value is -1.85. The van der Waals surface area contributed by atoms with E-state index in [1.807, 2.05) is 24.3 Å². The Morgan fingerprint density at radius 3 is 2.58 bits per heavy atom. The molecule has 1 aliphatic heterocycles. The topological polar surface area (TPSA) is 67.2 Å². The predicted octanol–water partition coefficient (Wildman–Crippen LogP) is 4.36. The summed E-state index contributed by atoms with van der Waals surface area (Å²) in [5.41, 5.74) is 1.83. The maximum Gasteiger partial charge on any atom is 0.224 e. The quantitative estimate of drug-likeness (QED) is 0.787. The van der Waals surface area contributed by atoms with Gasteiger partial charge in [-0.3, -0.25) is 4.79 Å². The summed E-state index contributed by atoms with van der Waals surface area (Å²) in [4.78, 5) is 16.5. The molecule has 1 saturated carbocycles. The smallest absolute Gasteiger partial charge is 0.224 e. The Kier molecular flexibility index (Phi) is 6.33. The molecule has 1 aliphatic carbocycles. The molecule has 2 fully saturated rings. The van der Waals surface area contributed by atoms with E-state index in [0.717, 1.165) is 42.4 Å². The fourth-order valence-corrected chi connectivity index (χ4v) is 3.39. The second-order valence-corrected chi connectivity index (χ2v) is 7.19. The summed E-state index contributed by atoms with van der Waals surface area (Å²) in [6, 6.07) is 7.80. The van der Waals surface area contributed by atoms with Gasteiger partial charge in [0.2, 0.25) is 5.91 Å². The Labute approximate surface area is 160 Å². The van der Waals surface area contributed by atoms with Gasteiger partial charge in [-0.25, -0.2) is 4.98 Å². The van der Waals surface area contributed by atoms with Crippen molar-refractivity contribution in [3.63, 3.8) is 0 Å². The molecule has 0 atom stereocenters. The number of nitrogens with zero attached hydrogens (tertiary/aromatic N) is 1. The molecule has 6 heteroatoms. The Balaban J connectivity index is 0.00000196. The molecule has 140 valence electrons. The van der Waals surface area contributed by atoms with Crippen LogP contribution in [0, 0.1) is 5.92 Å². The molecule has 2 aromatic rings. The predicted molar refractivity (Wildman–Crippen MR) is 105 cm³/mol. The molecule has 2 aliphatic rings. The first kappa shape index (κ1) is 18.9. The minimum Gasteiger partial charge on any atom is -0.440 e. The van der Waals surface area contributed by atoms with Gasteiger partial charge >= 0.3 is 0 Å². The molecule has 1 aromatic heterocycles. The summed E-state index contributed by atoms with van der Waals surface area (Å²) in [7, 11) is 0. The standard InChI is InChI=1S/C20H25N3O2.ClH/c24-19(8-1-14-9-11-21-12-10-14)23-17-6-4-15(5-7-17)18-13-22-20(25-18)16-2-3-16;/h4-7,13-14,16,21H,1-3,8-12H2,(H,23,24);1H. The van der Waals surface area contributed by atoms with Crippen LogP contribution in [0.4, 0.5) is 5.69 Å². The lowest BCUT2D eigenvalue weighted by Gasteiger charge is -2.22. The maximum atomic E-state index is 12.1. The zero-order chi connectivity index (χ0) is 17.1. The molecular weight excluding hydrogens is 350 g/mol. The number of hydrogen-bond donors (Lipinski definition) is 2. The normalized spacial score (nSPS) is 17.5. The van der Waals surface area contributed by atoms with Crippen molar-refractivity contribution in [2.45, 2.75) is 44.4 Å². The van der Waals surface area contributed by atoms with Gasteiger partial charge in [-0.2, -0.15) is 0 Å². The molecule has 0 unspecified atom stereocenters. The van der Waals surface area contributed by atoms with Gasteiger partial charge in [0, 0.05) is 23.6 Å². The average molecular weight is 376 g/mol. The number of hydrogen-bond acceptors (Lipinski definition) is 4. The number of rotatable bonds is 6. The Morgan fingerprint density at radius 2 is 1.88 bits per heavy atom. The summed E-state index contributed by atoms with van der Waals surface area (Å²) in [5.74, 6) is 2.95. The third-order valence-corrected chi connectivity index (χ3v) is 5.14. The lowest BCUT2D eigenvalue weighted by atomic mass is 9.93. The fourth-order valence-electron chi connectivity index (χ4n) is 3.39. The molecule has 0 bridgehead atoms. The van der Waals surface area contributed by atoms with Crippen molar-refractivity contribution in [3.05, 3.63) is 36.4 Å². The van der Waals surface area contributed by atoms with E-state index in [0.29, 0.717) is 18.3 Å². The monoisotopic (exact) mass is 375 g/mol. The molecule has 1 aromatic carbocycles. The number of amides is 1. The average Bonchev–Trinajstić information content (AvgIpc) is 3.39. The number of oxazole rings is 1. The molecule has 2 heterocycles. The van der Waals surface area contributed by atoms with Crippen LogP contribution in [0.25, 0.3) is 11.3 Å². The third kappa shape index (κ3) is 4.86. The third-order valence-electron chi connectivity index (χ3n) is 5.14. The molecular formula is C20H26ClN3O2. The van der Waals surface area contributed by atoms with Crippen molar-refractivity contribution < 1.29 is 9.21 Å². The molecule has 0 radical (unpaired) electrons. The van der Waals surface area contributed by atoms with Gasteiger partial charge in [0.1, 0.15) is 0 Å². The summed E-state index contributed by atoms with van der Waals surface area (Å²) in [6.45, 7) is 2.16. The second-order valence-electron chi connectivity index (χ2n) is 7.19. The number of piperidine rings is 1. The van der Waals surface area contributed by atoms with Crippen LogP contribution in [0.5, 0.6) is 0 Å². The van der Waals surface area contributed by atoms with E-state index in [-0.39, 0.29) is 18.3 Å². The Bertz CT molecular complexity index is 719. The van der Waals surface area contributed by atoms with Crippen LogP contribution in [0.2, 0.25) is 0 Å². The molecule has 1 amide bonds. The van der Waals surface area contributed by atoms with Crippen LogP contribution in [0.3, 0.4) is 0 Å². The molecule has 5 nitrogen and oxygen atoms in total. The molecule has 26 heavy (non-hydrogen) atoms. The van der Waals surface area contributed by atoms with E-state index >= 15 is 0 Å². The molecule has 2 N–H and O–H groups in total. The first-order chi connectivity index (χ1) is 12.3. The number of anilines is 1. The summed E-state index contributed by atoms with van der Waals surface area (Å²) < 4.78 is 5.82. The summed E-state index contributed by atoms with van der Waals surface area (Å²) in [5, 5.41) is 6.35. The highest BCUT2D eigenvalue weighted by Crippen LogP contribution is 2.40. The number of halogens is 1. The van der Waals surface area contributed by atoms with E-state index in [1.165, 1.54) is 25.7 Å². The highest BCUT2D eigenvalue weighted by molar-refractivity contribution is 5.90. The lowest BCUT2D eigenvalue weighted by Crippen LogP contribution is -2.28. The van der Waals surface area contributed by atoms with Crippen molar-refractivity contribution in [1.29, 1.82) is 0 Å². The van der Waals surface area contributed by atoms with Crippen molar-refractivity contribution in [3.8, 4) is 11.3 Å². The van der Waals surface area contributed by atoms with Crippen LogP contribution in [-0.2, 0) is 4.79 Å². The zero-order valence-electron chi connectivity index (χ0n) is 14.9. The largest absolute Gasteiger partial charge is 0.440 e. The van der Waals surface area contributed by atoms with Crippen LogP contribution in [-0.4, -0.2) is 24.0 Å². The first-order valence-electron chi connectivity index (χ1n) is 9.34. The Morgan fingerprint density at radius 1 is 1.15 bits per heavy atom. The molecule has 1 saturated heterocycles. The fraction of sp³-hybridized carbons (Fsp3) is 0.500. The van der Waals surface area contributed by atoms with E-state index in [9.17, 15) is 4.79 Å². The van der Waals surface area contributed by atoms with Gasteiger partial charge < -0.3 is 15.1 Å². The van der Waals surface area contributed by atoms with Crippen LogP contribution in [0.15, 0.2) is 34.9 Å². The highest BCUT2D eigenvalue weighted by atomic mass is 35.5. The molecule has 0 spiro atoms.